The molecule has 0 unspecified atom stereocenters. The van der Waals surface area contributed by atoms with E-state index in [1.165, 1.54) is 24.4 Å². The van der Waals surface area contributed by atoms with Gasteiger partial charge in [-0.1, -0.05) is 29.3 Å². The number of H-pyrrole nitrogens is 1. The predicted octanol–water partition coefficient (Wildman–Crippen LogP) is 4.35. The number of benzene rings is 1. The van der Waals surface area contributed by atoms with Gasteiger partial charge >= 0.3 is 6.61 Å². The Morgan fingerprint density at radius 2 is 2.00 bits per heavy atom. The third-order valence-electron chi connectivity index (χ3n) is 4.22. The lowest BCUT2D eigenvalue weighted by molar-refractivity contribution is -0.0515. The van der Waals surface area contributed by atoms with Crippen LogP contribution in [0, 0.1) is 5.92 Å². The number of aromatic nitrogens is 1. The zero-order valence-electron chi connectivity index (χ0n) is 14.1. The van der Waals surface area contributed by atoms with Crippen LogP contribution in [0.2, 0.25) is 10.0 Å². The molecule has 0 amide bonds. The Labute approximate surface area is 163 Å². The van der Waals surface area contributed by atoms with Crippen LogP contribution >= 0.6 is 23.2 Å². The molecule has 1 aromatic carbocycles. The van der Waals surface area contributed by atoms with Gasteiger partial charge in [-0.15, -0.1) is 0 Å². The Bertz CT molecular complexity index is 871. The maximum Gasteiger partial charge on any atom is 0.387 e. The second-order valence-corrected chi connectivity index (χ2v) is 7.10. The smallest absolute Gasteiger partial charge is 0.387 e. The summed E-state index contributed by atoms with van der Waals surface area (Å²) < 4.78 is 35.3. The van der Waals surface area contributed by atoms with E-state index in [0.29, 0.717) is 23.7 Å². The molecule has 0 radical (unpaired) electrons. The van der Waals surface area contributed by atoms with E-state index >= 15 is 0 Å². The molecule has 2 N–H and O–H groups in total. The first kappa shape index (κ1) is 19.9. The van der Waals surface area contributed by atoms with Crippen LogP contribution in [-0.2, 0) is 6.42 Å². The van der Waals surface area contributed by atoms with Crippen molar-refractivity contribution in [2.45, 2.75) is 32.0 Å². The summed E-state index contributed by atoms with van der Waals surface area (Å²) in [5, 5.41) is 10.6. The summed E-state index contributed by atoms with van der Waals surface area (Å²) in [4.78, 5) is 14.0. The van der Waals surface area contributed by atoms with Crippen molar-refractivity contribution >= 4 is 23.2 Å². The van der Waals surface area contributed by atoms with Crippen LogP contribution < -0.4 is 15.0 Å². The van der Waals surface area contributed by atoms with Crippen LogP contribution in [0.15, 0.2) is 29.2 Å². The monoisotopic (exact) mass is 419 g/mol. The van der Waals surface area contributed by atoms with Crippen molar-refractivity contribution in [1.82, 2.24) is 4.98 Å². The highest BCUT2D eigenvalue weighted by Crippen LogP contribution is 2.36. The van der Waals surface area contributed by atoms with Gasteiger partial charge in [0.1, 0.15) is 5.02 Å². The summed E-state index contributed by atoms with van der Waals surface area (Å²) in [6, 6.07) is 4.20. The van der Waals surface area contributed by atoms with E-state index in [1.807, 2.05) is 0 Å². The maximum atomic E-state index is 12.6. The van der Waals surface area contributed by atoms with Crippen LogP contribution in [0.5, 0.6) is 11.5 Å². The predicted molar refractivity (Wildman–Crippen MR) is 97.0 cm³/mol. The number of alkyl halides is 2. The summed E-state index contributed by atoms with van der Waals surface area (Å²) in [5.41, 5.74) is 0.176. The van der Waals surface area contributed by atoms with Crippen molar-refractivity contribution in [2.75, 3.05) is 6.61 Å². The molecule has 2 aromatic rings. The highest BCUT2D eigenvalue weighted by molar-refractivity contribution is 6.35. The minimum absolute atomic E-state index is 0.0291. The molecule has 27 heavy (non-hydrogen) atoms. The number of nitrogens with one attached hydrogen (secondary N) is 1. The van der Waals surface area contributed by atoms with Gasteiger partial charge in [0.05, 0.1) is 17.7 Å². The number of aliphatic hydroxyl groups excluding tert-OH is 1. The van der Waals surface area contributed by atoms with E-state index in [0.717, 1.165) is 12.8 Å². The van der Waals surface area contributed by atoms with Gasteiger partial charge in [0.15, 0.2) is 11.5 Å². The summed E-state index contributed by atoms with van der Waals surface area (Å²) in [7, 11) is 0. The Morgan fingerprint density at radius 1 is 1.26 bits per heavy atom. The molecule has 0 aliphatic heterocycles. The van der Waals surface area contributed by atoms with Crippen LogP contribution in [0.4, 0.5) is 8.78 Å². The van der Waals surface area contributed by atoms with Crippen LogP contribution in [0.1, 0.15) is 30.1 Å². The lowest BCUT2D eigenvalue weighted by atomic mass is 10.0. The molecule has 9 heteroatoms. The fourth-order valence-corrected chi connectivity index (χ4v) is 3.06. The van der Waals surface area contributed by atoms with Gasteiger partial charge < -0.3 is 19.6 Å². The molecule has 1 aliphatic rings. The molecule has 1 saturated carbocycles. The minimum Gasteiger partial charge on any atom is -0.489 e. The average Bonchev–Trinajstić information content (AvgIpc) is 3.45. The molecule has 5 nitrogen and oxygen atoms in total. The Morgan fingerprint density at radius 3 is 2.67 bits per heavy atom. The van der Waals surface area contributed by atoms with Gasteiger partial charge in [-0.25, -0.2) is 0 Å². The Hall–Kier alpha value is -1.83. The molecular weight excluding hydrogens is 403 g/mol. The van der Waals surface area contributed by atoms with Crippen molar-refractivity contribution in [2.24, 2.45) is 5.92 Å². The molecule has 3 rings (SSSR count). The van der Waals surface area contributed by atoms with E-state index in [-0.39, 0.29) is 28.0 Å². The maximum absolute atomic E-state index is 12.6. The normalized spacial score (nSPS) is 15.0. The Balaban J connectivity index is 1.83. The van der Waals surface area contributed by atoms with E-state index in [4.69, 9.17) is 27.9 Å². The highest BCUT2D eigenvalue weighted by atomic mass is 35.5. The number of hydrogen-bond donors (Lipinski definition) is 2. The largest absolute Gasteiger partial charge is 0.489 e. The number of aromatic amines is 1. The number of halogens is 4. The molecule has 1 aromatic heterocycles. The zero-order valence-corrected chi connectivity index (χ0v) is 15.6. The summed E-state index contributed by atoms with van der Waals surface area (Å²) in [6.45, 7) is -2.59. The molecule has 1 fully saturated rings. The third-order valence-corrected chi connectivity index (χ3v) is 4.96. The van der Waals surface area contributed by atoms with Gasteiger partial charge in [-0.2, -0.15) is 8.78 Å². The summed E-state index contributed by atoms with van der Waals surface area (Å²) in [5.74, 6) is 0.433. The Kier molecular flexibility index (Phi) is 6.24. The molecular formula is C18H17Cl2F2NO4. The van der Waals surface area contributed by atoms with E-state index in [1.54, 1.807) is 0 Å². The number of hydrogen-bond acceptors (Lipinski definition) is 4. The standard InChI is InChI=1S/C18H17Cl2F2NO4/c19-12-7-23-17(25)16(20)11(12)6-13(24)10-3-4-14(27-18(21)22)15(5-10)26-8-9-1-2-9/h3-5,7,9,13,18,24H,1-2,6,8H2,(H,23,25)/t13-/m0/s1. The minimum atomic E-state index is -2.99. The quantitative estimate of drug-likeness (QED) is 0.667. The second-order valence-electron chi connectivity index (χ2n) is 6.32. The molecule has 1 atom stereocenters. The van der Waals surface area contributed by atoms with Gasteiger partial charge in [0.2, 0.25) is 0 Å². The molecule has 0 spiro atoms. The molecule has 1 heterocycles. The lowest BCUT2D eigenvalue weighted by Gasteiger charge is -2.17. The molecule has 0 saturated heterocycles. The van der Waals surface area contributed by atoms with Crippen LogP contribution in [0.25, 0.3) is 0 Å². The zero-order chi connectivity index (χ0) is 19.6. The first-order chi connectivity index (χ1) is 12.8. The van der Waals surface area contributed by atoms with Gasteiger partial charge in [-0.3, -0.25) is 4.79 Å². The van der Waals surface area contributed by atoms with Crippen LogP contribution in [-0.4, -0.2) is 23.3 Å². The number of ether oxygens (including phenoxy) is 2. The van der Waals surface area contributed by atoms with Crippen molar-refractivity contribution in [3.8, 4) is 11.5 Å². The van der Waals surface area contributed by atoms with Gasteiger partial charge in [-0.05, 0) is 42.0 Å². The SMILES string of the molecule is O=c1[nH]cc(Cl)c(C[C@H](O)c2ccc(OC(F)F)c(OCC3CC3)c2)c1Cl. The summed E-state index contributed by atoms with van der Waals surface area (Å²) in [6.07, 6.45) is 2.26. The van der Waals surface area contributed by atoms with E-state index < -0.39 is 18.3 Å². The van der Waals surface area contributed by atoms with Gasteiger partial charge in [0, 0.05) is 12.6 Å². The van der Waals surface area contributed by atoms with Crippen molar-refractivity contribution in [3.63, 3.8) is 0 Å². The topological polar surface area (TPSA) is 71.6 Å². The van der Waals surface area contributed by atoms with E-state index in [9.17, 15) is 18.7 Å². The van der Waals surface area contributed by atoms with E-state index in [2.05, 4.69) is 9.72 Å². The fourth-order valence-electron chi connectivity index (χ4n) is 2.55. The average molecular weight is 420 g/mol. The number of aliphatic hydroxyl groups is 1. The van der Waals surface area contributed by atoms with Crippen LogP contribution in [0.3, 0.4) is 0 Å². The van der Waals surface area contributed by atoms with Gasteiger partial charge in [0.25, 0.3) is 5.56 Å². The highest BCUT2D eigenvalue weighted by Gasteiger charge is 2.24. The molecule has 146 valence electrons. The summed E-state index contributed by atoms with van der Waals surface area (Å²) >= 11 is 12.0. The molecule has 0 bridgehead atoms. The van der Waals surface area contributed by atoms with Crippen molar-refractivity contribution in [1.29, 1.82) is 0 Å². The number of pyridine rings is 1. The third kappa shape index (κ3) is 5.12. The first-order valence-corrected chi connectivity index (χ1v) is 9.06. The number of rotatable bonds is 8. The second kappa shape index (κ2) is 8.46. The lowest BCUT2D eigenvalue weighted by Crippen LogP contribution is -2.12. The fraction of sp³-hybridized carbons (Fsp3) is 0.389. The molecule has 1 aliphatic carbocycles. The van der Waals surface area contributed by atoms with Crippen molar-refractivity contribution < 1.29 is 23.4 Å². The van der Waals surface area contributed by atoms with Crippen molar-refractivity contribution in [3.05, 3.63) is 55.9 Å². The first-order valence-electron chi connectivity index (χ1n) is 8.30.